The predicted octanol–water partition coefficient (Wildman–Crippen LogP) is 2.90. The van der Waals surface area contributed by atoms with E-state index in [1.807, 2.05) is 20.8 Å². The van der Waals surface area contributed by atoms with Crippen LogP contribution in [0.4, 0.5) is 0 Å². The van der Waals surface area contributed by atoms with Crippen molar-refractivity contribution in [2.45, 2.75) is 33.1 Å². The van der Waals surface area contributed by atoms with E-state index < -0.39 is 5.97 Å². The smallest absolute Gasteiger partial charge is 0.347 e. The van der Waals surface area contributed by atoms with E-state index >= 15 is 0 Å². The lowest BCUT2D eigenvalue weighted by Gasteiger charge is -2.15. The van der Waals surface area contributed by atoms with Crippen LogP contribution in [0.5, 0.6) is 0 Å². The van der Waals surface area contributed by atoms with Gasteiger partial charge in [0.15, 0.2) is 0 Å². The van der Waals surface area contributed by atoms with Gasteiger partial charge in [-0.15, -0.1) is 11.3 Å². The molecule has 2 rings (SSSR count). The van der Waals surface area contributed by atoms with Crippen molar-refractivity contribution in [2.24, 2.45) is 0 Å². The molecule has 1 N–H and O–H groups in total. The Labute approximate surface area is 115 Å². The SMILES string of the molecule is Cc1nccc(-c2nc(C(C)(C)C)c(C(=O)O)s2)n1. The first-order chi connectivity index (χ1) is 8.79. The van der Waals surface area contributed by atoms with Crippen molar-refractivity contribution >= 4 is 17.3 Å². The highest BCUT2D eigenvalue weighted by molar-refractivity contribution is 7.17. The Bertz CT molecular complexity index is 629. The molecule has 0 saturated carbocycles. The predicted molar refractivity (Wildman–Crippen MR) is 73.5 cm³/mol. The van der Waals surface area contributed by atoms with Gasteiger partial charge < -0.3 is 5.11 Å². The van der Waals surface area contributed by atoms with Crippen molar-refractivity contribution < 1.29 is 9.90 Å². The van der Waals surface area contributed by atoms with Crippen LogP contribution in [0.25, 0.3) is 10.7 Å². The van der Waals surface area contributed by atoms with Crippen LogP contribution in [0, 0.1) is 6.92 Å². The topological polar surface area (TPSA) is 76.0 Å². The van der Waals surface area contributed by atoms with Gasteiger partial charge in [0.2, 0.25) is 0 Å². The minimum Gasteiger partial charge on any atom is -0.477 e. The van der Waals surface area contributed by atoms with Gasteiger partial charge in [-0.05, 0) is 13.0 Å². The maximum Gasteiger partial charge on any atom is 0.347 e. The third-order valence-electron chi connectivity index (χ3n) is 2.53. The van der Waals surface area contributed by atoms with E-state index in [1.165, 1.54) is 0 Å². The molecule has 2 aromatic heterocycles. The second kappa shape index (κ2) is 4.70. The van der Waals surface area contributed by atoms with E-state index in [4.69, 9.17) is 0 Å². The molecule has 0 aliphatic rings. The number of carboxylic acid groups (broad SMARTS) is 1. The van der Waals surface area contributed by atoms with Gasteiger partial charge in [-0.3, -0.25) is 0 Å². The summed E-state index contributed by atoms with van der Waals surface area (Å²) in [5.74, 6) is -0.304. The number of aromatic carboxylic acids is 1. The molecular formula is C13H15N3O2S. The summed E-state index contributed by atoms with van der Waals surface area (Å²) in [6, 6.07) is 1.74. The van der Waals surface area contributed by atoms with Gasteiger partial charge in [0.1, 0.15) is 21.4 Å². The monoisotopic (exact) mass is 277 g/mol. The van der Waals surface area contributed by atoms with E-state index in [1.54, 1.807) is 19.2 Å². The summed E-state index contributed by atoms with van der Waals surface area (Å²) in [5.41, 5.74) is 0.941. The van der Waals surface area contributed by atoms with E-state index in [0.717, 1.165) is 11.3 Å². The summed E-state index contributed by atoms with van der Waals surface area (Å²) in [6.45, 7) is 7.64. The molecule has 0 aliphatic carbocycles. The first-order valence-corrected chi connectivity index (χ1v) is 6.65. The van der Waals surface area contributed by atoms with Crippen molar-refractivity contribution in [3.05, 3.63) is 28.7 Å². The molecule has 0 atom stereocenters. The molecule has 0 saturated heterocycles. The Kier molecular flexibility index (Phi) is 3.36. The molecule has 6 heteroatoms. The van der Waals surface area contributed by atoms with E-state index in [9.17, 15) is 9.90 Å². The van der Waals surface area contributed by atoms with Gasteiger partial charge in [-0.25, -0.2) is 19.7 Å². The summed E-state index contributed by atoms with van der Waals surface area (Å²) in [4.78, 5) is 24.4. The van der Waals surface area contributed by atoms with Crippen LogP contribution < -0.4 is 0 Å². The van der Waals surface area contributed by atoms with Crippen molar-refractivity contribution in [3.8, 4) is 10.7 Å². The fourth-order valence-electron chi connectivity index (χ4n) is 1.66. The Morgan fingerprint density at radius 3 is 2.47 bits per heavy atom. The number of aryl methyl sites for hydroxylation is 1. The highest BCUT2D eigenvalue weighted by Crippen LogP contribution is 2.33. The van der Waals surface area contributed by atoms with Gasteiger partial charge in [0.05, 0.1) is 5.69 Å². The van der Waals surface area contributed by atoms with Crippen molar-refractivity contribution in [1.29, 1.82) is 0 Å². The molecular weight excluding hydrogens is 262 g/mol. The van der Waals surface area contributed by atoms with Crippen LogP contribution in [-0.4, -0.2) is 26.0 Å². The maximum absolute atomic E-state index is 11.3. The third kappa shape index (κ3) is 2.78. The molecule has 100 valence electrons. The van der Waals surface area contributed by atoms with Crippen molar-refractivity contribution in [1.82, 2.24) is 15.0 Å². The normalized spacial score (nSPS) is 11.6. The lowest BCUT2D eigenvalue weighted by atomic mass is 9.91. The average molecular weight is 277 g/mol. The minimum atomic E-state index is -0.945. The number of hydrogen-bond acceptors (Lipinski definition) is 5. The largest absolute Gasteiger partial charge is 0.477 e. The van der Waals surface area contributed by atoms with Gasteiger partial charge in [-0.1, -0.05) is 20.8 Å². The number of aromatic nitrogens is 3. The second-order valence-electron chi connectivity index (χ2n) is 5.24. The number of hydrogen-bond donors (Lipinski definition) is 1. The average Bonchev–Trinajstić information content (AvgIpc) is 2.73. The molecule has 0 bridgehead atoms. The molecule has 0 unspecified atom stereocenters. The van der Waals surface area contributed by atoms with Crippen molar-refractivity contribution in [2.75, 3.05) is 0 Å². The standard InChI is InChI=1S/C13H15N3O2S/c1-7-14-6-5-8(15-7)11-16-10(13(2,3)4)9(19-11)12(17)18/h5-6H,1-4H3,(H,17,18). The minimum absolute atomic E-state index is 0.277. The zero-order chi connectivity index (χ0) is 14.2. The molecule has 0 aromatic carbocycles. The van der Waals surface area contributed by atoms with Crippen molar-refractivity contribution in [3.63, 3.8) is 0 Å². The van der Waals surface area contributed by atoms with Gasteiger partial charge in [0, 0.05) is 11.6 Å². The highest BCUT2D eigenvalue weighted by atomic mass is 32.1. The number of carboxylic acids is 1. The fourth-order valence-corrected chi connectivity index (χ4v) is 2.74. The molecule has 5 nitrogen and oxygen atoms in total. The van der Waals surface area contributed by atoms with Crippen LogP contribution in [-0.2, 0) is 5.41 Å². The van der Waals surface area contributed by atoms with Crippen LogP contribution >= 0.6 is 11.3 Å². The van der Waals surface area contributed by atoms with Crippen LogP contribution in [0.1, 0.15) is 42.0 Å². The molecule has 19 heavy (non-hydrogen) atoms. The van der Waals surface area contributed by atoms with E-state index in [-0.39, 0.29) is 10.3 Å². The molecule has 0 radical (unpaired) electrons. The summed E-state index contributed by atoms with van der Waals surface area (Å²) in [7, 11) is 0. The number of rotatable bonds is 2. The number of nitrogens with zero attached hydrogens (tertiary/aromatic N) is 3. The zero-order valence-corrected chi connectivity index (χ0v) is 12.1. The Morgan fingerprint density at radius 2 is 2.00 bits per heavy atom. The fraction of sp³-hybridized carbons (Fsp3) is 0.385. The Hall–Kier alpha value is -1.82. The quantitative estimate of drug-likeness (QED) is 0.913. The number of carbonyl (C=O) groups is 1. The second-order valence-corrected chi connectivity index (χ2v) is 6.24. The summed E-state index contributed by atoms with van der Waals surface area (Å²) >= 11 is 1.16. The van der Waals surface area contributed by atoms with E-state index in [2.05, 4.69) is 15.0 Å². The van der Waals surface area contributed by atoms with Crippen LogP contribution in [0.2, 0.25) is 0 Å². The van der Waals surface area contributed by atoms with Gasteiger partial charge in [-0.2, -0.15) is 0 Å². The van der Waals surface area contributed by atoms with Crippen LogP contribution in [0.3, 0.4) is 0 Å². The number of thiazole rings is 1. The molecule has 2 heterocycles. The first kappa shape index (κ1) is 13.6. The first-order valence-electron chi connectivity index (χ1n) is 5.83. The lowest BCUT2D eigenvalue weighted by molar-refractivity contribution is 0.0699. The third-order valence-corrected chi connectivity index (χ3v) is 3.59. The molecule has 0 amide bonds. The van der Waals surface area contributed by atoms with Gasteiger partial charge >= 0.3 is 5.97 Å². The summed E-state index contributed by atoms with van der Waals surface area (Å²) in [6.07, 6.45) is 1.65. The molecule has 0 aliphatic heterocycles. The Morgan fingerprint density at radius 1 is 1.32 bits per heavy atom. The maximum atomic E-state index is 11.3. The highest BCUT2D eigenvalue weighted by Gasteiger charge is 2.27. The van der Waals surface area contributed by atoms with E-state index in [0.29, 0.717) is 22.2 Å². The summed E-state index contributed by atoms with van der Waals surface area (Å²) < 4.78 is 0. The molecule has 0 fully saturated rings. The zero-order valence-electron chi connectivity index (χ0n) is 11.3. The molecule has 2 aromatic rings. The van der Waals surface area contributed by atoms with Crippen LogP contribution in [0.15, 0.2) is 12.3 Å². The lowest BCUT2D eigenvalue weighted by Crippen LogP contribution is -2.16. The summed E-state index contributed by atoms with van der Waals surface area (Å²) in [5, 5.41) is 9.90. The molecule has 0 spiro atoms. The Balaban J connectivity index is 2.58. The van der Waals surface area contributed by atoms with Gasteiger partial charge in [0.25, 0.3) is 0 Å².